The summed E-state index contributed by atoms with van der Waals surface area (Å²) in [6.45, 7) is 11.8. The summed E-state index contributed by atoms with van der Waals surface area (Å²) in [5.74, 6) is 0. The van der Waals surface area contributed by atoms with E-state index >= 15 is 0 Å². The maximum atomic E-state index is 5.34. The molecule has 0 bridgehead atoms. The second kappa shape index (κ2) is 16.7. The van der Waals surface area contributed by atoms with Crippen LogP contribution in [0.5, 0.6) is 0 Å². The van der Waals surface area contributed by atoms with Gasteiger partial charge in [0.25, 0.3) is 0 Å². The first-order valence-corrected chi connectivity index (χ1v) is 8.72. The number of rotatable bonds is 9. The van der Waals surface area contributed by atoms with E-state index in [1.807, 2.05) is 26.0 Å². The molecule has 120 valence electrons. The van der Waals surface area contributed by atoms with Crippen LogP contribution in [0.15, 0.2) is 12.2 Å². The zero-order valence-electron chi connectivity index (χ0n) is 14.2. The lowest BCUT2D eigenvalue weighted by molar-refractivity contribution is 0.0371. The van der Waals surface area contributed by atoms with E-state index in [2.05, 4.69) is 11.8 Å². The molecule has 0 aromatic carbocycles. The molecule has 20 heavy (non-hydrogen) atoms. The predicted molar refractivity (Wildman–Crippen MR) is 90.4 cm³/mol. The van der Waals surface area contributed by atoms with E-state index in [1.54, 1.807) is 0 Å². The van der Waals surface area contributed by atoms with Crippen molar-refractivity contribution in [1.82, 2.24) is 4.90 Å². The first kappa shape index (κ1) is 19.7. The monoisotopic (exact) mass is 283 g/mol. The molecule has 0 N–H and O–H groups in total. The Labute approximate surface area is 127 Å². The summed E-state index contributed by atoms with van der Waals surface area (Å²) in [6, 6.07) is 0. The van der Waals surface area contributed by atoms with Gasteiger partial charge in [0, 0.05) is 13.1 Å². The summed E-state index contributed by atoms with van der Waals surface area (Å²) in [7, 11) is 0. The highest BCUT2D eigenvalue weighted by Crippen LogP contribution is 2.09. The third-order valence-electron chi connectivity index (χ3n) is 3.76. The van der Waals surface area contributed by atoms with Crippen molar-refractivity contribution < 1.29 is 4.74 Å². The van der Waals surface area contributed by atoms with Gasteiger partial charge in [0.2, 0.25) is 0 Å². The van der Waals surface area contributed by atoms with Crippen LogP contribution in [0.3, 0.4) is 0 Å². The van der Waals surface area contributed by atoms with Crippen molar-refractivity contribution in [2.75, 3.05) is 32.8 Å². The summed E-state index contributed by atoms with van der Waals surface area (Å²) in [4.78, 5) is 2.54. The molecule has 0 amide bonds. The SMILES string of the molecule is CC=CC.CCCCCCCCCCN1CCOCC1. The number of unbranched alkanes of at least 4 members (excludes halogenated alkanes) is 7. The normalized spacial score (nSPS) is 16.1. The largest absolute Gasteiger partial charge is 0.379 e. The molecule has 1 rings (SSSR count). The molecule has 0 spiro atoms. The smallest absolute Gasteiger partial charge is 0.0594 e. The quantitative estimate of drug-likeness (QED) is 0.434. The van der Waals surface area contributed by atoms with Crippen LogP contribution in [0.4, 0.5) is 0 Å². The molecule has 0 aromatic rings. The van der Waals surface area contributed by atoms with Crippen LogP contribution in [0.1, 0.15) is 72.1 Å². The Morgan fingerprint density at radius 3 is 1.80 bits per heavy atom. The average molecular weight is 284 g/mol. The van der Waals surface area contributed by atoms with Crippen molar-refractivity contribution in [3.63, 3.8) is 0 Å². The lowest BCUT2D eigenvalue weighted by Gasteiger charge is -2.26. The Balaban J connectivity index is 0.000000796. The number of morpholine rings is 1. The van der Waals surface area contributed by atoms with Crippen LogP contribution in [0.2, 0.25) is 0 Å². The maximum absolute atomic E-state index is 5.34. The fourth-order valence-electron chi connectivity index (χ4n) is 2.29. The molecular weight excluding hydrogens is 246 g/mol. The Morgan fingerprint density at radius 2 is 1.30 bits per heavy atom. The minimum Gasteiger partial charge on any atom is -0.379 e. The number of nitrogens with zero attached hydrogens (tertiary/aromatic N) is 1. The van der Waals surface area contributed by atoms with Crippen molar-refractivity contribution >= 4 is 0 Å². The fourth-order valence-corrected chi connectivity index (χ4v) is 2.29. The molecule has 1 saturated heterocycles. The number of hydrogen-bond acceptors (Lipinski definition) is 2. The molecule has 2 heteroatoms. The van der Waals surface area contributed by atoms with Crippen LogP contribution in [0.25, 0.3) is 0 Å². The highest BCUT2D eigenvalue weighted by molar-refractivity contribution is 4.68. The van der Waals surface area contributed by atoms with Crippen LogP contribution in [0, 0.1) is 0 Å². The third kappa shape index (κ3) is 14.1. The van der Waals surface area contributed by atoms with Crippen LogP contribution in [-0.4, -0.2) is 37.7 Å². The van der Waals surface area contributed by atoms with E-state index < -0.39 is 0 Å². The van der Waals surface area contributed by atoms with E-state index in [9.17, 15) is 0 Å². The molecule has 1 aliphatic heterocycles. The first-order chi connectivity index (χ1) is 9.85. The molecule has 1 heterocycles. The summed E-state index contributed by atoms with van der Waals surface area (Å²) < 4.78 is 5.34. The highest BCUT2D eigenvalue weighted by atomic mass is 16.5. The number of allylic oxidation sites excluding steroid dienone is 2. The van der Waals surface area contributed by atoms with E-state index in [0.717, 1.165) is 26.3 Å². The molecule has 1 fully saturated rings. The molecule has 1 aliphatic rings. The predicted octanol–water partition coefficient (Wildman–Crippen LogP) is 5.04. The van der Waals surface area contributed by atoms with Crippen molar-refractivity contribution in [1.29, 1.82) is 0 Å². The Kier molecular flexibility index (Phi) is 16.4. The molecule has 0 saturated carbocycles. The summed E-state index contributed by atoms with van der Waals surface area (Å²) in [6.07, 6.45) is 15.4. The molecule has 0 unspecified atom stereocenters. The highest BCUT2D eigenvalue weighted by Gasteiger charge is 2.08. The van der Waals surface area contributed by atoms with E-state index in [-0.39, 0.29) is 0 Å². The van der Waals surface area contributed by atoms with Gasteiger partial charge >= 0.3 is 0 Å². The molecule has 0 aliphatic carbocycles. The standard InChI is InChI=1S/C14H29NO.C4H8/c1-2-3-4-5-6-7-8-9-10-15-11-13-16-14-12-15;1-3-4-2/h2-14H2,1H3;3-4H,1-2H3. The fraction of sp³-hybridized carbons (Fsp3) is 0.889. The first-order valence-electron chi connectivity index (χ1n) is 8.72. The van der Waals surface area contributed by atoms with Gasteiger partial charge < -0.3 is 4.74 Å². The zero-order chi connectivity index (χ0) is 14.9. The van der Waals surface area contributed by atoms with Gasteiger partial charge in [-0.2, -0.15) is 0 Å². The minimum atomic E-state index is 0.941. The number of hydrogen-bond donors (Lipinski definition) is 0. The van der Waals surface area contributed by atoms with Gasteiger partial charge in [-0.15, -0.1) is 0 Å². The second-order valence-electron chi connectivity index (χ2n) is 5.60. The average Bonchev–Trinajstić information content (AvgIpc) is 2.51. The molecule has 2 nitrogen and oxygen atoms in total. The second-order valence-corrected chi connectivity index (χ2v) is 5.60. The van der Waals surface area contributed by atoms with Gasteiger partial charge in [-0.1, -0.05) is 64.0 Å². The lowest BCUT2D eigenvalue weighted by atomic mass is 10.1. The Morgan fingerprint density at radius 1 is 0.800 bits per heavy atom. The maximum Gasteiger partial charge on any atom is 0.0594 e. The minimum absolute atomic E-state index is 0.941. The molecule has 0 radical (unpaired) electrons. The molecular formula is C18H37NO. The van der Waals surface area contributed by atoms with Gasteiger partial charge in [0.1, 0.15) is 0 Å². The van der Waals surface area contributed by atoms with Crippen LogP contribution < -0.4 is 0 Å². The van der Waals surface area contributed by atoms with Crippen molar-refractivity contribution in [2.24, 2.45) is 0 Å². The van der Waals surface area contributed by atoms with E-state index in [0.29, 0.717) is 0 Å². The lowest BCUT2D eigenvalue weighted by Crippen LogP contribution is -2.36. The van der Waals surface area contributed by atoms with Gasteiger partial charge in [0.05, 0.1) is 13.2 Å². The van der Waals surface area contributed by atoms with Crippen LogP contribution in [-0.2, 0) is 4.74 Å². The van der Waals surface area contributed by atoms with Crippen molar-refractivity contribution in [2.45, 2.75) is 72.1 Å². The summed E-state index contributed by atoms with van der Waals surface area (Å²) in [5.41, 5.74) is 0. The molecule has 0 aromatic heterocycles. The van der Waals surface area contributed by atoms with Crippen molar-refractivity contribution in [3.8, 4) is 0 Å². The summed E-state index contributed by atoms with van der Waals surface area (Å²) >= 11 is 0. The zero-order valence-corrected chi connectivity index (χ0v) is 14.2. The Bertz CT molecular complexity index is 194. The Hall–Kier alpha value is -0.340. The van der Waals surface area contributed by atoms with E-state index in [1.165, 1.54) is 57.9 Å². The third-order valence-corrected chi connectivity index (χ3v) is 3.76. The van der Waals surface area contributed by atoms with Crippen molar-refractivity contribution in [3.05, 3.63) is 12.2 Å². The van der Waals surface area contributed by atoms with E-state index in [4.69, 9.17) is 4.74 Å². The van der Waals surface area contributed by atoms with Gasteiger partial charge in [-0.05, 0) is 26.8 Å². The summed E-state index contributed by atoms with van der Waals surface area (Å²) in [5, 5.41) is 0. The van der Waals surface area contributed by atoms with Crippen LogP contribution >= 0.6 is 0 Å². The van der Waals surface area contributed by atoms with Gasteiger partial charge in [-0.25, -0.2) is 0 Å². The number of ether oxygens (including phenoxy) is 1. The molecule has 0 atom stereocenters. The topological polar surface area (TPSA) is 12.5 Å². The van der Waals surface area contributed by atoms with Gasteiger partial charge in [0.15, 0.2) is 0 Å². The van der Waals surface area contributed by atoms with Gasteiger partial charge in [-0.3, -0.25) is 4.90 Å².